The number of ether oxygens (including phenoxy) is 1. The molecule has 0 heterocycles. The van der Waals surface area contributed by atoms with Gasteiger partial charge in [0.15, 0.2) is 0 Å². The maximum atomic E-state index is 9.49. The lowest BCUT2D eigenvalue weighted by molar-refractivity contribution is 0.0496. The number of hydrogen-bond donors (Lipinski definition) is 2. The fraction of sp³-hybridized carbons (Fsp3) is 0.455. The third-order valence-electron chi connectivity index (χ3n) is 1.88. The summed E-state index contributed by atoms with van der Waals surface area (Å²) >= 11 is 5.82. The average Bonchev–Trinajstić information content (AvgIpc) is 2.23. The van der Waals surface area contributed by atoms with E-state index in [9.17, 15) is 5.11 Å². The van der Waals surface area contributed by atoms with Crippen LogP contribution < -0.4 is 5.32 Å². The molecule has 15 heavy (non-hydrogen) atoms. The van der Waals surface area contributed by atoms with Crippen LogP contribution in [0.15, 0.2) is 24.3 Å². The molecule has 4 heteroatoms. The molecule has 0 spiro atoms. The van der Waals surface area contributed by atoms with E-state index in [1.807, 2.05) is 31.2 Å². The molecule has 84 valence electrons. The van der Waals surface area contributed by atoms with Crippen LogP contribution in [0.5, 0.6) is 0 Å². The minimum absolute atomic E-state index is 0.351. The Morgan fingerprint density at radius 2 is 2.33 bits per heavy atom. The Labute approximate surface area is 95.0 Å². The first kappa shape index (κ1) is 12.3. The van der Waals surface area contributed by atoms with Crippen LogP contribution in [0.2, 0.25) is 5.02 Å². The highest BCUT2D eigenvalue weighted by atomic mass is 35.5. The zero-order chi connectivity index (χ0) is 11.1. The molecule has 0 radical (unpaired) electrons. The van der Waals surface area contributed by atoms with Gasteiger partial charge in [0.1, 0.15) is 0 Å². The first-order valence-corrected chi connectivity index (χ1v) is 5.35. The zero-order valence-electron chi connectivity index (χ0n) is 8.74. The number of halogens is 1. The van der Waals surface area contributed by atoms with Crippen LogP contribution in [0.25, 0.3) is 0 Å². The van der Waals surface area contributed by atoms with Gasteiger partial charge in [-0.1, -0.05) is 17.7 Å². The van der Waals surface area contributed by atoms with E-state index in [0.29, 0.717) is 24.8 Å². The lowest BCUT2D eigenvalue weighted by Gasteiger charge is -2.12. The summed E-state index contributed by atoms with van der Waals surface area (Å²) in [5.41, 5.74) is 0.901. The van der Waals surface area contributed by atoms with Crippen molar-refractivity contribution in [1.29, 1.82) is 0 Å². The minimum Gasteiger partial charge on any atom is -0.389 e. The van der Waals surface area contributed by atoms with E-state index in [1.54, 1.807) is 0 Å². The second kappa shape index (κ2) is 6.67. The molecule has 0 bridgehead atoms. The van der Waals surface area contributed by atoms with Crippen molar-refractivity contribution in [2.75, 3.05) is 25.1 Å². The predicted molar refractivity (Wildman–Crippen MR) is 62.4 cm³/mol. The number of hydrogen-bond acceptors (Lipinski definition) is 3. The number of nitrogens with one attached hydrogen (secondary N) is 1. The van der Waals surface area contributed by atoms with Gasteiger partial charge in [0, 0.05) is 23.9 Å². The molecule has 0 fully saturated rings. The lowest BCUT2D eigenvalue weighted by atomic mass is 10.3. The van der Waals surface area contributed by atoms with Gasteiger partial charge in [0.05, 0.1) is 12.7 Å². The second-order valence-corrected chi connectivity index (χ2v) is 3.64. The summed E-state index contributed by atoms with van der Waals surface area (Å²) in [6, 6.07) is 7.39. The Bertz CT molecular complexity index is 294. The number of anilines is 1. The molecule has 2 N–H and O–H groups in total. The standard InChI is InChI=1S/C11H16ClNO2/c1-2-15-8-11(14)7-13-10-5-3-4-9(12)6-10/h3-6,11,13-14H,2,7-8H2,1H3. The molecule has 0 aliphatic rings. The van der Waals surface area contributed by atoms with E-state index >= 15 is 0 Å². The fourth-order valence-electron chi connectivity index (χ4n) is 1.15. The van der Waals surface area contributed by atoms with Gasteiger partial charge in [-0.15, -0.1) is 0 Å². The van der Waals surface area contributed by atoms with Crippen molar-refractivity contribution >= 4 is 17.3 Å². The van der Waals surface area contributed by atoms with Crippen LogP contribution in [0.3, 0.4) is 0 Å². The molecule has 0 aliphatic carbocycles. The van der Waals surface area contributed by atoms with Crippen molar-refractivity contribution in [2.45, 2.75) is 13.0 Å². The van der Waals surface area contributed by atoms with Crippen LogP contribution in [0, 0.1) is 0 Å². The van der Waals surface area contributed by atoms with Gasteiger partial charge in [-0.2, -0.15) is 0 Å². The molecule has 1 unspecified atom stereocenters. The average molecular weight is 230 g/mol. The Balaban J connectivity index is 2.30. The van der Waals surface area contributed by atoms with Crippen molar-refractivity contribution in [3.05, 3.63) is 29.3 Å². The first-order chi connectivity index (χ1) is 7.22. The Hall–Kier alpha value is -0.770. The van der Waals surface area contributed by atoms with E-state index in [1.165, 1.54) is 0 Å². The smallest absolute Gasteiger partial charge is 0.0945 e. The van der Waals surface area contributed by atoms with E-state index in [0.717, 1.165) is 5.69 Å². The van der Waals surface area contributed by atoms with Crippen LogP contribution in [0.1, 0.15) is 6.92 Å². The van der Waals surface area contributed by atoms with Crippen molar-refractivity contribution in [3.8, 4) is 0 Å². The summed E-state index contributed by atoms with van der Waals surface area (Å²) in [5.74, 6) is 0. The summed E-state index contributed by atoms with van der Waals surface area (Å²) < 4.78 is 5.09. The molecule has 3 nitrogen and oxygen atoms in total. The van der Waals surface area contributed by atoms with E-state index in [2.05, 4.69) is 5.32 Å². The van der Waals surface area contributed by atoms with Crippen LogP contribution in [-0.4, -0.2) is 31.0 Å². The summed E-state index contributed by atoms with van der Waals surface area (Å²) in [6.45, 7) is 3.33. The van der Waals surface area contributed by atoms with Crippen molar-refractivity contribution < 1.29 is 9.84 Å². The van der Waals surface area contributed by atoms with E-state index in [-0.39, 0.29) is 0 Å². The first-order valence-electron chi connectivity index (χ1n) is 4.97. The molecule has 1 aromatic rings. The molecule has 1 atom stereocenters. The summed E-state index contributed by atoms with van der Waals surface area (Å²) in [5, 5.41) is 13.3. The van der Waals surface area contributed by atoms with Crippen molar-refractivity contribution in [2.24, 2.45) is 0 Å². The molecular weight excluding hydrogens is 214 g/mol. The van der Waals surface area contributed by atoms with Crippen molar-refractivity contribution in [1.82, 2.24) is 0 Å². The third-order valence-corrected chi connectivity index (χ3v) is 2.12. The molecule has 0 aliphatic heterocycles. The molecule has 0 amide bonds. The molecule has 1 rings (SSSR count). The molecule has 0 saturated carbocycles. The normalized spacial score (nSPS) is 12.5. The minimum atomic E-state index is -0.496. The summed E-state index contributed by atoms with van der Waals surface area (Å²) in [4.78, 5) is 0. The quantitative estimate of drug-likeness (QED) is 0.786. The van der Waals surface area contributed by atoms with Crippen LogP contribution >= 0.6 is 11.6 Å². The second-order valence-electron chi connectivity index (χ2n) is 3.20. The van der Waals surface area contributed by atoms with Gasteiger partial charge in [0.2, 0.25) is 0 Å². The van der Waals surface area contributed by atoms with Crippen LogP contribution in [-0.2, 0) is 4.74 Å². The number of benzene rings is 1. The van der Waals surface area contributed by atoms with E-state index in [4.69, 9.17) is 16.3 Å². The number of aliphatic hydroxyl groups is 1. The molecular formula is C11H16ClNO2. The fourth-order valence-corrected chi connectivity index (χ4v) is 1.34. The SMILES string of the molecule is CCOCC(O)CNc1cccc(Cl)c1. The molecule has 0 aromatic heterocycles. The zero-order valence-corrected chi connectivity index (χ0v) is 9.50. The lowest BCUT2D eigenvalue weighted by Crippen LogP contribution is -2.24. The predicted octanol–water partition coefficient (Wildman–Crippen LogP) is 2.15. The number of rotatable bonds is 6. The monoisotopic (exact) mass is 229 g/mol. The Morgan fingerprint density at radius 1 is 1.53 bits per heavy atom. The Morgan fingerprint density at radius 3 is 3.00 bits per heavy atom. The largest absolute Gasteiger partial charge is 0.389 e. The van der Waals surface area contributed by atoms with Gasteiger partial charge in [-0.05, 0) is 25.1 Å². The highest BCUT2D eigenvalue weighted by molar-refractivity contribution is 6.30. The summed E-state index contributed by atoms with van der Waals surface area (Å²) in [6.07, 6.45) is -0.496. The van der Waals surface area contributed by atoms with Gasteiger partial charge in [-0.3, -0.25) is 0 Å². The van der Waals surface area contributed by atoms with Gasteiger partial charge in [0.25, 0.3) is 0 Å². The highest BCUT2D eigenvalue weighted by Crippen LogP contribution is 2.14. The number of aliphatic hydroxyl groups excluding tert-OH is 1. The molecule has 1 aromatic carbocycles. The van der Waals surface area contributed by atoms with Crippen LogP contribution in [0.4, 0.5) is 5.69 Å². The third kappa shape index (κ3) is 5.02. The maximum absolute atomic E-state index is 9.49. The van der Waals surface area contributed by atoms with Gasteiger partial charge >= 0.3 is 0 Å². The Kier molecular flexibility index (Phi) is 5.47. The topological polar surface area (TPSA) is 41.5 Å². The highest BCUT2D eigenvalue weighted by Gasteiger charge is 2.03. The maximum Gasteiger partial charge on any atom is 0.0945 e. The van der Waals surface area contributed by atoms with E-state index < -0.39 is 6.10 Å². The summed E-state index contributed by atoms with van der Waals surface area (Å²) in [7, 11) is 0. The van der Waals surface area contributed by atoms with Gasteiger partial charge < -0.3 is 15.2 Å². The van der Waals surface area contributed by atoms with Crippen molar-refractivity contribution in [3.63, 3.8) is 0 Å². The molecule has 0 saturated heterocycles. The van der Waals surface area contributed by atoms with Gasteiger partial charge in [-0.25, -0.2) is 0 Å².